The zero-order valence-corrected chi connectivity index (χ0v) is 25.9. The average molecular weight is 618 g/mol. The van der Waals surface area contributed by atoms with Crippen LogP contribution in [0.3, 0.4) is 0 Å². The Bertz CT molecular complexity index is 1440. The van der Waals surface area contributed by atoms with Gasteiger partial charge in [0.05, 0.1) is 42.4 Å². The number of morpholine rings is 1. The topological polar surface area (TPSA) is 114 Å². The summed E-state index contributed by atoms with van der Waals surface area (Å²) in [5, 5.41) is 2.05. The first-order valence-corrected chi connectivity index (χ1v) is 17.2. The van der Waals surface area contributed by atoms with Gasteiger partial charge in [-0.2, -0.15) is 4.31 Å². The molecule has 0 N–H and O–H groups in total. The van der Waals surface area contributed by atoms with Crippen LogP contribution < -0.4 is 9.64 Å². The molecule has 2 fully saturated rings. The lowest BCUT2D eigenvalue weighted by Crippen LogP contribution is -2.53. The van der Waals surface area contributed by atoms with E-state index in [9.17, 15) is 13.2 Å². The highest BCUT2D eigenvalue weighted by molar-refractivity contribution is 7.88. The van der Waals surface area contributed by atoms with Gasteiger partial charge in [-0.05, 0) is 55.5 Å². The summed E-state index contributed by atoms with van der Waals surface area (Å²) in [5.74, 6) is 2.18. The van der Waals surface area contributed by atoms with Crippen molar-refractivity contribution in [2.45, 2.75) is 32.3 Å². The minimum absolute atomic E-state index is 0.00526. The normalized spacial score (nSPS) is 18.8. The van der Waals surface area contributed by atoms with Gasteiger partial charge in [0.25, 0.3) is 0 Å². The van der Waals surface area contributed by atoms with Crippen molar-refractivity contribution in [2.24, 2.45) is 0 Å². The lowest BCUT2D eigenvalue weighted by atomic mass is 10.2. The highest BCUT2D eigenvalue weighted by atomic mass is 32.2. The third-order valence-electron chi connectivity index (χ3n) is 7.45. The number of piperazine rings is 1. The van der Waals surface area contributed by atoms with E-state index in [1.165, 1.54) is 6.26 Å². The second kappa shape index (κ2) is 14.1. The molecule has 0 radical (unpaired) electrons. The van der Waals surface area contributed by atoms with E-state index >= 15 is 0 Å². The van der Waals surface area contributed by atoms with Crippen LogP contribution in [-0.2, 0) is 24.3 Å². The van der Waals surface area contributed by atoms with E-state index in [0.717, 1.165) is 53.3 Å². The number of fused-ring (bicyclic) bond motifs is 1. The number of nitrogens with zero attached hydrogens (tertiary/aromatic N) is 5. The number of hydrogen-bond acceptors (Lipinski definition) is 11. The van der Waals surface area contributed by atoms with Gasteiger partial charge < -0.3 is 19.1 Å². The smallest absolute Gasteiger partial charge is 0.305 e. The van der Waals surface area contributed by atoms with E-state index in [1.807, 2.05) is 42.6 Å². The summed E-state index contributed by atoms with van der Waals surface area (Å²) in [6.07, 6.45) is 3.20. The molecular weight excluding hydrogens is 578 g/mol. The zero-order valence-electron chi connectivity index (χ0n) is 24.2. The number of aromatic nitrogens is 2. The summed E-state index contributed by atoms with van der Waals surface area (Å²) in [6, 6.07) is 9.83. The van der Waals surface area contributed by atoms with Crippen LogP contribution in [0.15, 0.2) is 35.7 Å². The summed E-state index contributed by atoms with van der Waals surface area (Å²) in [7, 11) is -3.15. The molecule has 13 heteroatoms. The molecule has 2 saturated heterocycles. The first-order chi connectivity index (χ1) is 20.3. The second-order valence-corrected chi connectivity index (χ2v) is 13.4. The molecule has 11 nitrogen and oxygen atoms in total. The molecule has 0 spiro atoms. The number of sulfonamides is 1. The number of ether oxygens (including phenoxy) is 3. The molecule has 42 heavy (non-hydrogen) atoms. The van der Waals surface area contributed by atoms with Crippen molar-refractivity contribution >= 4 is 43.4 Å². The van der Waals surface area contributed by atoms with E-state index in [2.05, 4.69) is 9.80 Å². The molecule has 1 atom stereocenters. The molecule has 0 saturated carbocycles. The highest BCUT2D eigenvalue weighted by Gasteiger charge is 2.29. The molecule has 1 unspecified atom stereocenters. The van der Waals surface area contributed by atoms with Crippen LogP contribution in [0, 0.1) is 0 Å². The number of thiophene rings is 1. The third-order valence-corrected chi connectivity index (χ3v) is 9.65. The molecule has 0 aliphatic carbocycles. The number of unbranched alkanes of at least 4 members (excludes halogenated alkanes) is 1. The van der Waals surface area contributed by atoms with Gasteiger partial charge in [0.2, 0.25) is 10.0 Å². The van der Waals surface area contributed by atoms with Gasteiger partial charge >= 0.3 is 5.97 Å². The predicted octanol–water partition coefficient (Wildman–Crippen LogP) is 3.25. The number of carbonyl (C=O) groups is 1. The molecular formula is C29H39N5O6S2. The number of carbonyl (C=O) groups excluding carboxylic acids is 1. The molecule has 3 aromatic rings. The lowest BCUT2D eigenvalue weighted by Gasteiger charge is -2.39. The van der Waals surface area contributed by atoms with Crippen molar-refractivity contribution in [1.82, 2.24) is 19.2 Å². The molecule has 2 aromatic heterocycles. The number of hydrogen-bond donors (Lipinski definition) is 0. The Morgan fingerprint density at radius 3 is 2.60 bits per heavy atom. The average Bonchev–Trinajstić information content (AvgIpc) is 3.46. The first-order valence-electron chi connectivity index (χ1n) is 14.5. The van der Waals surface area contributed by atoms with Crippen molar-refractivity contribution in [2.75, 3.05) is 76.8 Å². The van der Waals surface area contributed by atoms with Gasteiger partial charge in [-0.25, -0.2) is 18.4 Å². The SMILES string of the molecule is CCOC(=O)CCCCOc1ccc(-c2nc(N3CCOC(CN4CCN(S(C)(=O)=O)CC4)C3)c3sccc3n2)cc1. The van der Waals surface area contributed by atoms with E-state index in [1.54, 1.807) is 15.6 Å². The molecule has 1 aromatic carbocycles. The Hall–Kier alpha value is -2.84. The van der Waals surface area contributed by atoms with Gasteiger partial charge in [0.15, 0.2) is 11.6 Å². The van der Waals surface area contributed by atoms with E-state index in [0.29, 0.717) is 64.8 Å². The molecule has 5 rings (SSSR count). The Balaban J connectivity index is 1.20. The van der Waals surface area contributed by atoms with E-state index < -0.39 is 10.0 Å². The minimum atomic E-state index is -3.15. The maximum atomic E-state index is 11.9. The Morgan fingerprint density at radius 2 is 1.86 bits per heavy atom. The molecule has 0 bridgehead atoms. The lowest BCUT2D eigenvalue weighted by molar-refractivity contribution is -0.143. The quantitative estimate of drug-likeness (QED) is 0.222. The summed E-state index contributed by atoms with van der Waals surface area (Å²) in [5.41, 5.74) is 1.83. The minimum Gasteiger partial charge on any atom is -0.494 e. The number of anilines is 1. The fourth-order valence-electron chi connectivity index (χ4n) is 5.24. The fourth-order valence-corrected chi connectivity index (χ4v) is 6.91. The number of rotatable bonds is 12. The molecule has 2 aliphatic heterocycles. The third kappa shape index (κ3) is 7.95. The van der Waals surface area contributed by atoms with E-state index in [-0.39, 0.29) is 12.1 Å². The van der Waals surface area contributed by atoms with Crippen LogP contribution >= 0.6 is 11.3 Å². The number of benzene rings is 1. The molecule has 2 aliphatic rings. The standard InChI is InChI=1S/C29H39N5O6S2/c1-3-38-26(35)6-4-5-17-39-23-9-7-22(8-10-23)28-30-25-11-19-41-27(25)29(31-28)33-16-18-40-24(21-33)20-32-12-14-34(15-13-32)42(2,36)37/h7-11,19,24H,3-6,12-18,20-21H2,1-2H3. The van der Waals surface area contributed by atoms with Crippen LogP contribution in [0.4, 0.5) is 5.82 Å². The van der Waals surface area contributed by atoms with Crippen LogP contribution in [0.1, 0.15) is 26.2 Å². The van der Waals surface area contributed by atoms with Crippen molar-refractivity contribution in [3.05, 3.63) is 35.7 Å². The molecule has 228 valence electrons. The van der Waals surface area contributed by atoms with Crippen LogP contribution in [0.25, 0.3) is 21.6 Å². The Kier molecular flexibility index (Phi) is 10.3. The van der Waals surface area contributed by atoms with Gasteiger partial charge in [0, 0.05) is 57.8 Å². The van der Waals surface area contributed by atoms with Crippen LogP contribution in [0.2, 0.25) is 0 Å². The fraction of sp³-hybridized carbons (Fsp3) is 0.552. The summed E-state index contributed by atoms with van der Waals surface area (Å²) < 4.78 is 43.3. The zero-order chi connectivity index (χ0) is 29.5. The largest absolute Gasteiger partial charge is 0.494 e. The number of esters is 1. The van der Waals surface area contributed by atoms with Gasteiger partial charge in [-0.1, -0.05) is 0 Å². The Labute approximate surface area is 251 Å². The highest BCUT2D eigenvalue weighted by Crippen LogP contribution is 2.33. The van der Waals surface area contributed by atoms with Gasteiger partial charge in [-0.3, -0.25) is 9.69 Å². The van der Waals surface area contributed by atoms with E-state index in [4.69, 9.17) is 24.2 Å². The second-order valence-electron chi connectivity index (χ2n) is 10.5. The van der Waals surface area contributed by atoms with Crippen LogP contribution in [0.5, 0.6) is 5.75 Å². The summed E-state index contributed by atoms with van der Waals surface area (Å²) >= 11 is 1.64. The van der Waals surface area contributed by atoms with Crippen molar-refractivity contribution in [1.29, 1.82) is 0 Å². The van der Waals surface area contributed by atoms with Crippen molar-refractivity contribution in [3.8, 4) is 17.1 Å². The van der Waals surface area contributed by atoms with Gasteiger partial charge in [0.1, 0.15) is 5.75 Å². The summed E-state index contributed by atoms with van der Waals surface area (Å²) in [6.45, 7) is 7.99. The maximum Gasteiger partial charge on any atom is 0.305 e. The predicted molar refractivity (Wildman–Crippen MR) is 164 cm³/mol. The monoisotopic (exact) mass is 617 g/mol. The molecule has 0 amide bonds. The summed E-state index contributed by atoms with van der Waals surface area (Å²) in [4.78, 5) is 25.9. The first kappa shape index (κ1) is 30.6. The van der Waals surface area contributed by atoms with Crippen LogP contribution in [-0.4, -0.2) is 112 Å². The van der Waals surface area contributed by atoms with Gasteiger partial charge in [-0.15, -0.1) is 11.3 Å². The van der Waals surface area contributed by atoms with Crippen molar-refractivity contribution in [3.63, 3.8) is 0 Å². The maximum absolute atomic E-state index is 11.9. The van der Waals surface area contributed by atoms with Crippen molar-refractivity contribution < 1.29 is 27.4 Å². The molecule has 4 heterocycles. The Morgan fingerprint density at radius 1 is 1.07 bits per heavy atom.